The fraction of sp³-hybridized carbons (Fsp3) is 0.333. The van der Waals surface area contributed by atoms with Crippen LogP contribution in [0.3, 0.4) is 0 Å². The van der Waals surface area contributed by atoms with Gasteiger partial charge >= 0.3 is 0 Å². The first kappa shape index (κ1) is 9.00. The number of rotatable bonds is 2. The fourth-order valence-corrected chi connectivity index (χ4v) is 1.52. The normalized spacial score (nSPS) is 13.0. The van der Waals surface area contributed by atoms with Crippen molar-refractivity contribution in [3.05, 3.63) is 35.4 Å². The van der Waals surface area contributed by atoms with Crippen molar-refractivity contribution >= 4 is 22.6 Å². The lowest BCUT2D eigenvalue weighted by Crippen LogP contribution is -1.99. The third-order valence-corrected chi connectivity index (χ3v) is 2.53. The van der Waals surface area contributed by atoms with Crippen LogP contribution in [0.2, 0.25) is 0 Å². The Hall–Kier alpha value is -0.0900. The van der Waals surface area contributed by atoms with Crippen LogP contribution in [0.25, 0.3) is 0 Å². The van der Waals surface area contributed by atoms with Gasteiger partial charge in [0.1, 0.15) is 0 Å². The molecule has 0 bridgehead atoms. The molecule has 1 N–H and O–H groups in total. The van der Waals surface area contributed by atoms with E-state index in [1.54, 1.807) is 0 Å². The molecule has 0 amide bonds. The van der Waals surface area contributed by atoms with Gasteiger partial charge in [-0.25, -0.2) is 0 Å². The zero-order chi connectivity index (χ0) is 8.27. The van der Waals surface area contributed by atoms with Crippen molar-refractivity contribution in [2.75, 3.05) is 4.43 Å². The van der Waals surface area contributed by atoms with Crippen LogP contribution >= 0.6 is 22.6 Å². The molecule has 0 heterocycles. The van der Waals surface area contributed by atoms with E-state index in [4.69, 9.17) is 0 Å². The smallest absolute Gasteiger partial charge is 0.0881 e. The van der Waals surface area contributed by atoms with Gasteiger partial charge in [-0.15, -0.1) is 0 Å². The van der Waals surface area contributed by atoms with Crippen molar-refractivity contribution in [2.24, 2.45) is 0 Å². The second kappa shape index (κ2) is 4.07. The molecule has 0 fully saturated rings. The molecular formula is C9H11IO. The van der Waals surface area contributed by atoms with Gasteiger partial charge in [0.05, 0.1) is 6.10 Å². The third kappa shape index (κ3) is 2.17. The molecule has 1 rings (SSSR count). The number of halogens is 1. The first-order chi connectivity index (χ1) is 5.25. The van der Waals surface area contributed by atoms with E-state index in [9.17, 15) is 5.11 Å². The molecule has 0 aliphatic rings. The van der Waals surface area contributed by atoms with Crippen LogP contribution in [0.5, 0.6) is 0 Å². The van der Waals surface area contributed by atoms with Crippen molar-refractivity contribution in [3.63, 3.8) is 0 Å². The molecule has 60 valence electrons. The number of alkyl halides is 1. The van der Waals surface area contributed by atoms with E-state index in [1.165, 1.54) is 0 Å². The van der Waals surface area contributed by atoms with Crippen LogP contribution in [0.4, 0.5) is 0 Å². The lowest BCUT2D eigenvalue weighted by Gasteiger charge is -2.09. The van der Waals surface area contributed by atoms with Crippen molar-refractivity contribution in [3.8, 4) is 0 Å². The zero-order valence-corrected chi connectivity index (χ0v) is 8.58. The standard InChI is InChI=1S/C9H11IO/c1-7-4-2-3-5-8(7)9(11)6-10/h2-5,9,11H,6H2,1H3. The largest absolute Gasteiger partial charge is 0.388 e. The Morgan fingerprint density at radius 3 is 2.64 bits per heavy atom. The van der Waals surface area contributed by atoms with E-state index < -0.39 is 0 Å². The number of hydrogen-bond donors (Lipinski definition) is 1. The van der Waals surface area contributed by atoms with E-state index >= 15 is 0 Å². The van der Waals surface area contributed by atoms with Gasteiger partial charge in [-0.3, -0.25) is 0 Å². The zero-order valence-electron chi connectivity index (χ0n) is 6.42. The molecule has 0 aromatic heterocycles. The molecule has 1 aromatic rings. The summed E-state index contributed by atoms with van der Waals surface area (Å²) in [7, 11) is 0. The number of aliphatic hydroxyl groups is 1. The van der Waals surface area contributed by atoms with Gasteiger partial charge in [0.2, 0.25) is 0 Å². The van der Waals surface area contributed by atoms with Crippen molar-refractivity contribution in [1.29, 1.82) is 0 Å². The monoisotopic (exact) mass is 262 g/mol. The molecule has 0 radical (unpaired) electrons. The van der Waals surface area contributed by atoms with Crippen molar-refractivity contribution in [1.82, 2.24) is 0 Å². The molecule has 0 aliphatic carbocycles. The molecule has 1 aromatic carbocycles. The molecule has 2 heteroatoms. The highest BCUT2D eigenvalue weighted by atomic mass is 127. The van der Waals surface area contributed by atoms with E-state index in [2.05, 4.69) is 22.6 Å². The average Bonchev–Trinajstić information content (AvgIpc) is 2.04. The van der Waals surface area contributed by atoms with Gasteiger partial charge < -0.3 is 5.11 Å². The van der Waals surface area contributed by atoms with Crippen LogP contribution in [-0.2, 0) is 0 Å². The Balaban J connectivity index is 2.93. The summed E-state index contributed by atoms with van der Waals surface area (Å²) in [5.74, 6) is 0. The van der Waals surface area contributed by atoms with E-state index in [1.807, 2.05) is 31.2 Å². The summed E-state index contributed by atoms with van der Waals surface area (Å²) in [6.07, 6.45) is -0.309. The average molecular weight is 262 g/mol. The van der Waals surface area contributed by atoms with Crippen molar-refractivity contribution in [2.45, 2.75) is 13.0 Å². The third-order valence-electron chi connectivity index (χ3n) is 1.69. The maximum absolute atomic E-state index is 9.50. The van der Waals surface area contributed by atoms with Crippen LogP contribution < -0.4 is 0 Å². The molecule has 1 atom stereocenters. The van der Waals surface area contributed by atoms with E-state index in [0.29, 0.717) is 0 Å². The Morgan fingerprint density at radius 2 is 2.09 bits per heavy atom. The molecular weight excluding hydrogens is 251 g/mol. The van der Waals surface area contributed by atoms with Gasteiger partial charge in [0, 0.05) is 4.43 Å². The molecule has 11 heavy (non-hydrogen) atoms. The second-order valence-electron chi connectivity index (χ2n) is 2.53. The number of benzene rings is 1. The summed E-state index contributed by atoms with van der Waals surface area (Å²) >= 11 is 2.18. The number of aliphatic hydroxyl groups excluding tert-OH is 1. The Morgan fingerprint density at radius 1 is 1.45 bits per heavy atom. The minimum atomic E-state index is -0.309. The van der Waals surface area contributed by atoms with Crippen LogP contribution in [0, 0.1) is 6.92 Å². The van der Waals surface area contributed by atoms with Gasteiger partial charge in [-0.1, -0.05) is 46.9 Å². The summed E-state index contributed by atoms with van der Waals surface area (Å²) < 4.78 is 0.753. The Kier molecular flexibility index (Phi) is 3.33. The highest BCUT2D eigenvalue weighted by Crippen LogP contribution is 2.18. The SMILES string of the molecule is Cc1ccccc1C(O)CI. The van der Waals surface area contributed by atoms with Crippen molar-refractivity contribution < 1.29 is 5.11 Å². The molecule has 0 spiro atoms. The molecule has 1 nitrogen and oxygen atoms in total. The molecule has 0 saturated heterocycles. The molecule has 0 saturated carbocycles. The lowest BCUT2D eigenvalue weighted by atomic mass is 10.1. The first-order valence-corrected chi connectivity index (χ1v) is 5.08. The molecule has 1 unspecified atom stereocenters. The molecule has 0 aliphatic heterocycles. The summed E-state index contributed by atoms with van der Waals surface area (Å²) in [5.41, 5.74) is 2.21. The topological polar surface area (TPSA) is 20.2 Å². The maximum atomic E-state index is 9.50. The van der Waals surface area contributed by atoms with Gasteiger partial charge in [-0.05, 0) is 18.1 Å². The Labute approximate surface area is 80.6 Å². The highest BCUT2D eigenvalue weighted by molar-refractivity contribution is 14.1. The first-order valence-electron chi connectivity index (χ1n) is 3.55. The predicted molar refractivity (Wildman–Crippen MR) is 55.0 cm³/mol. The summed E-state index contributed by atoms with van der Waals surface area (Å²) in [5, 5.41) is 9.50. The van der Waals surface area contributed by atoms with E-state index in [0.717, 1.165) is 15.6 Å². The van der Waals surface area contributed by atoms with Gasteiger partial charge in [0.25, 0.3) is 0 Å². The summed E-state index contributed by atoms with van der Waals surface area (Å²) in [6.45, 7) is 2.02. The van der Waals surface area contributed by atoms with Crippen LogP contribution in [0.1, 0.15) is 17.2 Å². The summed E-state index contributed by atoms with van der Waals surface area (Å²) in [6, 6.07) is 7.93. The predicted octanol–water partition coefficient (Wildman–Crippen LogP) is 2.46. The minimum absolute atomic E-state index is 0.309. The van der Waals surface area contributed by atoms with Gasteiger partial charge in [0.15, 0.2) is 0 Å². The lowest BCUT2D eigenvalue weighted by molar-refractivity contribution is 0.206. The summed E-state index contributed by atoms with van der Waals surface area (Å²) in [4.78, 5) is 0. The van der Waals surface area contributed by atoms with E-state index in [-0.39, 0.29) is 6.10 Å². The van der Waals surface area contributed by atoms with Crippen LogP contribution in [0.15, 0.2) is 24.3 Å². The van der Waals surface area contributed by atoms with Gasteiger partial charge in [-0.2, -0.15) is 0 Å². The fourth-order valence-electron chi connectivity index (χ4n) is 1.04. The highest BCUT2D eigenvalue weighted by Gasteiger charge is 2.06. The maximum Gasteiger partial charge on any atom is 0.0881 e. The number of hydrogen-bond acceptors (Lipinski definition) is 1. The minimum Gasteiger partial charge on any atom is -0.388 e. The Bertz CT molecular complexity index is 235. The quantitative estimate of drug-likeness (QED) is 0.641. The number of aryl methyl sites for hydroxylation is 1. The van der Waals surface area contributed by atoms with Crippen LogP contribution in [-0.4, -0.2) is 9.53 Å². The second-order valence-corrected chi connectivity index (χ2v) is 3.41.